The maximum absolute atomic E-state index is 13.7. The molecule has 2 heterocycles. The van der Waals surface area contributed by atoms with Crippen molar-refractivity contribution in [3.8, 4) is 5.75 Å². The largest absolute Gasteiger partial charge is 0.490 e. The Balaban J connectivity index is 1.50. The van der Waals surface area contributed by atoms with Crippen molar-refractivity contribution >= 4 is 11.8 Å². The molecule has 1 aromatic rings. The van der Waals surface area contributed by atoms with Crippen molar-refractivity contribution in [2.24, 2.45) is 5.92 Å². The lowest BCUT2D eigenvalue weighted by Crippen LogP contribution is -2.47. The van der Waals surface area contributed by atoms with E-state index in [0.717, 1.165) is 38.6 Å². The van der Waals surface area contributed by atoms with Gasteiger partial charge in [0.25, 0.3) is 0 Å². The molecule has 0 radical (unpaired) electrons. The highest BCUT2D eigenvalue weighted by Crippen LogP contribution is 2.21. The minimum Gasteiger partial charge on any atom is -0.490 e. The van der Waals surface area contributed by atoms with E-state index in [4.69, 9.17) is 4.74 Å². The highest BCUT2D eigenvalue weighted by Gasteiger charge is 2.27. The monoisotopic (exact) mass is 362 g/mol. The minimum atomic E-state index is -0.365. The van der Waals surface area contributed by atoms with Gasteiger partial charge in [0.2, 0.25) is 11.8 Å². The van der Waals surface area contributed by atoms with Gasteiger partial charge in [-0.3, -0.25) is 9.59 Å². The number of nitrogens with zero attached hydrogens (tertiary/aromatic N) is 2. The molecule has 3 rings (SSSR count). The highest BCUT2D eigenvalue weighted by molar-refractivity contribution is 5.85. The highest BCUT2D eigenvalue weighted by atomic mass is 19.1. The molecule has 2 aliphatic heterocycles. The van der Waals surface area contributed by atoms with Crippen LogP contribution < -0.4 is 4.74 Å². The van der Waals surface area contributed by atoms with E-state index in [2.05, 4.69) is 0 Å². The Morgan fingerprint density at radius 2 is 2.00 bits per heavy atom. The lowest BCUT2D eigenvalue weighted by molar-refractivity contribution is -0.141. The summed E-state index contributed by atoms with van der Waals surface area (Å²) in [6, 6.07) is 6.37. The average molecular weight is 362 g/mol. The molecule has 0 N–H and O–H groups in total. The van der Waals surface area contributed by atoms with Gasteiger partial charge in [-0.2, -0.15) is 0 Å². The number of carbonyl (C=O) groups excluding carboxylic acids is 2. The first-order chi connectivity index (χ1) is 12.6. The van der Waals surface area contributed by atoms with Gasteiger partial charge in [0.15, 0.2) is 11.6 Å². The number of piperidine rings is 1. The summed E-state index contributed by atoms with van der Waals surface area (Å²) in [5.41, 5.74) is 0. The van der Waals surface area contributed by atoms with Crippen molar-refractivity contribution in [1.82, 2.24) is 9.80 Å². The van der Waals surface area contributed by atoms with Gasteiger partial charge in [0.1, 0.15) is 0 Å². The lowest BCUT2D eigenvalue weighted by Gasteiger charge is -2.34. The predicted molar refractivity (Wildman–Crippen MR) is 96.2 cm³/mol. The third kappa shape index (κ3) is 4.96. The number of benzene rings is 1. The van der Waals surface area contributed by atoms with Gasteiger partial charge in [-0.25, -0.2) is 4.39 Å². The fraction of sp³-hybridized carbons (Fsp3) is 0.600. The van der Waals surface area contributed by atoms with E-state index >= 15 is 0 Å². The van der Waals surface area contributed by atoms with Crippen LogP contribution in [-0.2, 0) is 9.59 Å². The summed E-state index contributed by atoms with van der Waals surface area (Å²) >= 11 is 0. The van der Waals surface area contributed by atoms with Gasteiger partial charge in [0.05, 0.1) is 13.2 Å². The van der Waals surface area contributed by atoms with E-state index in [1.807, 2.05) is 4.90 Å². The second-order valence-electron chi connectivity index (χ2n) is 7.22. The van der Waals surface area contributed by atoms with Gasteiger partial charge >= 0.3 is 0 Å². The molecule has 5 nitrogen and oxygen atoms in total. The fourth-order valence-corrected chi connectivity index (χ4v) is 3.67. The van der Waals surface area contributed by atoms with E-state index in [1.165, 1.54) is 6.07 Å². The number of para-hydroxylation sites is 1. The van der Waals surface area contributed by atoms with Crippen molar-refractivity contribution in [3.05, 3.63) is 30.1 Å². The summed E-state index contributed by atoms with van der Waals surface area (Å²) in [5.74, 6) is 0.178. The quantitative estimate of drug-likeness (QED) is 0.809. The summed E-state index contributed by atoms with van der Waals surface area (Å²) in [4.78, 5) is 28.3. The molecule has 1 aromatic carbocycles. The molecule has 0 unspecified atom stereocenters. The van der Waals surface area contributed by atoms with E-state index in [9.17, 15) is 14.0 Å². The maximum atomic E-state index is 13.7. The molecule has 0 saturated carbocycles. The van der Waals surface area contributed by atoms with Crippen LogP contribution in [-0.4, -0.2) is 54.4 Å². The Morgan fingerprint density at radius 1 is 1.15 bits per heavy atom. The van der Waals surface area contributed by atoms with Crippen LogP contribution in [0.25, 0.3) is 0 Å². The molecular weight excluding hydrogens is 335 g/mol. The molecule has 6 heteroatoms. The van der Waals surface area contributed by atoms with Gasteiger partial charge in [0, 0.05) is 32.0 Å². The van der Waals surface area contributed by atoms with Crippen LogP contribution in [0.15, 0.2) is 24.3 Å². The molecule has 0 aliphatic carbocycles. The van der Waals surface area contributed by atoms with E-state index < -0.39 is 0 Å². The van der Waals surface area contributed by atoms with Crippen molar-refractivity contribution in [2.45, 2.75) is 38.5 Å². The SMILES string of the molecule is O=C1CCCCCN1CC(=O)N1CCC[C@@H](COc2ccccc2F)C1. The summed E-state index contributed by atoms with van der Waals surface area (Å²) in [6.07, 6.45) is 5.36. The number of likely N-dealkylation sites (tertiary alicyclic amines) is 2. The molecule has 2 amide bonds. The summed E-state index contributed by atoms with van der Waals surface area (Å²) in [5, 5.41) is 0. The molecule has 1 atom stereocenters. The van der Waals surface area contributed by atoms with Gasteiger partial charge in [-0.05, 0) is 37.8 Å². The third-order valence-corrected chi connectivity index (χ3v) is 5.18. The normalized spacial score (nSPS) is 21.4. The zero-order valence-electron chi connectivity index (χ0n) is 15.2. The van der Waals surface area contributed by atoms with Crippen LogP contribution in [0.2, 0.25) is 0 Å². The summed E-state index contributed by atoms with van der Waals surface area (Å²) < 4.78 is 19.3. The minimum absolute atomic E-state index is 0.0100. The molecule has 2 aliphatic rings. The molecular formula is C20H27FN2O3. The van der Waals surface area contributed by atoms with Crippen LogP contribution in [0, 0.1) is 11.7 Å². The molecule has 0 spiro atoms. The zero-order chi connectivity index (χ0) is 18.4. The Labute approximate surface area is 154 Å². The van der Waals surface area contributed by atoms with Gasteiger partial charge in [-0.15, -0.1) is 0 Å². The molecule has 0 aromatic heterocycles. The van der Waals surface area contributed by atoms with Gasteiger partial charge < -0.3 is 14.5 Å². The Kier molecular flexibility index (Phi) is 6.47. The molecule has 0 bridgehead atoms. The number of ether oxygens (including phenoxy) is 1. The molecule has 2 fully saturated rings. The lowest BCUT2D eigenvalue weighted by atomic mass is 9.99. The van der Waals surface area contributed by atoms with Crippen LogP contribution >= 0.6 is 0 Å². The molecule has 142 valence electrons. The number of halogens is 1. The summed E-state index contributed by atoms with van der Waals surface area (Å²) in [7, 11) is 0. The number of carbonyl (C=O) groups is 2. The first-order valence-corrected chi connectivity index (χ1v) is 9.56. The van der Waals surface area contributed by atoms with Crippen molar-refractivity contribution in [3.63, 3.8) is 0 Å². The fourth-order valence-electron chi connectivity index (χ4n) is 3.67. The van der Waals surface area contributed by atoms with E-state index in [1.54, 1.807) is 23.1 Å². The van der Waals surface area contributed by atoms with Crippen LogP contribution in [0.4, 0.5) is 4.39 Å². The second kappa shape index (κ2) is 9.01. The third-order valence-electron chi connectivity index (χ3n) is 5.18. The van der Waals surface area contributed by atoms with E-state index in [0.29, 0.717) is 26.1 Å². The predicted octanol–water partition coefficient (Wildman–Crippen LogP) is 2.85. The van der Waals surface area contributed by atoms with Gasteiger partial charge in [-0.1, -0.05) is 18.6 Å². The Morgan fingerprint density at radius 3 is 2.85 bits per heavy atom. The van der Waals surface area contributed by atoms with Crippen molar-refractivity contribution in [2.75, 3.05) is 32.8 Å². The number of rotatable bonds is 5. The maximum Gasteiger partial charge on any atom is 0.242 e. The Hall–Kier alpha value is -2.11. The van der Waals surface area contributed by atoms with E-state index in [-0.39, 0.29) is 35.8 Å². The first-order valence-electron chi connectivity index (χ1n) is 9.56. The average Bonchev–Trinajstić information content (AvgIpc) is 2.86. The number of hydrogen-bond donors (Lipinski definition) is 0. The molecule has 2 saturated heterocycles. The second-order valence-corrected chi connectivity index (χ2v) is 7.22. The van der Waals surface area contributed by atoms with Crippen molar-refractivity contribution in [1.29, 1.82) is 0 Å². The standard InChI is InChI=1S/C20H27FN2O3/c21-17-8-3-4-9-18(17)26-15-16-7-6-12-22(13-16)20(25)14-23-11-5-1-2-10-19(23)24/h3-4,8-9,16H,1-2,5-7,10-15H2/t16-/m1/s1. The first kappa shape index (κ1) is 18.7. The number of amides is 2. The topological polar surface area (TPSA) is 49.9 Å². The number of hydrogen-bond acceptors (Lipinski definition) is 3. The molecule has 26 heavy (non-hydrogen) atoms. The van der Waals surface area contributed by atoms with Crippen LogP contribution in [0.1, 0.15) is 38.5 Å². The summed E-state index contributed by atoms with van der Waals surface area (Å²) in [6.45, 7) is 2.58. The van der Waals surface area contributed by atoms with Crippen LogP contribution in [0.3, 0.4) is 0 Å². The van der Waals surface area contributed by atoms with Crippen LogP contribution in [0.5, 0.6) is 5.75 Å². The van der Waals surface area contributed by atoms with Crippen molar-refractivity contribution < 1.29 is 18.7 Å². The zero-order valence-corrected chi connectivity index (χ0v) is 15.2. The Bertz CT molecular complexity index is 637. The smallest absolute Gasteiger partial charge is 0.242 e.